The summed E-state index contributed by atoms with van der Waals surface area (Å²) in [6, 6.07) is 56.8. The molecule has 0 N–H and O–H groups in total. The van der Waals surface area contributed by atoms with E-state index in [1.165, 1.54) is 60.1 Å². The molecule has 0 aliphatic heterocycles. The van der Waals surface area contributed by atoms with Crippen LogP contribution in [0, 0.1) is 0 Å². The minimum atomic E-state index is 0.912. The molecule has 8 aromatic carbocycles. The third-order valence-electron chi connectivity index (χ3n) is 8.84. The molecular formula is C42H26O. The second-order valence-corrected chi connectivity index (χ2v) is 11.3. The van der Waals surface area contributed by atoms with Gasteiger partial charge in [0.15, 0.2) is 0 Å². The summed E-state index contributed by atoms with van der Waals surface area (Å²) in [5.74, 6) is 0. The van der Waals surface area contributed by atoms with Crippen molar-refractivity contribution in [3.05, 3.63) is 158 Å². The van der Waals surface area contributed by atoms with Crippen LogP contribution in [-0.2, 0) is 0 Å². The minimum Gasteiger partial charge on any atom is -0.456 e. The lowest BCUT2D eigenvalue weighted by Crippen LogP contribution is -1.92. The Balaban J connectivity index is 1.34. The molecule has 1 heterocycles. The standard InChI is InChI=1S/C42H26O/c1-2-12-27(13-3-1)31-16-6-7-17-33(31)42-36-20-10-8-18-34(36)41(35-19-9-11-21-37(35)42)30-22-23-32-38-24-28-14-4-5-15-29(28)25-40(38)43-39(32)26-30/h1-26H. The summed E-state index contributed by atoms with van der Waals surface area (Å²) >= 11 is 0. The molecule has 43 heavy (non-hydrogen) atoms. The minimum absolute atomic E-state index is 0.912. The molecule has 0 spiro atoms. The van der Waals surface area contributed by atoms with Gasteiger partial charge in [0.05, 0.1) is 0 Å². The number of furan rings is 1. The van der Waals surface area contributed by atoms with Crippen LogP contribution in [0.1, 0.15) is 0 Å². The van der Waals surface area contributed by atoms with Crippen molar-refractivity contribution >= 4 is 54.3 Å². The van der Waals surface area contributed by atoms with E-state index in [2.05, 4.69) is 158 Å². The molecule has 1 heteroatoms. The fourth-order valence-electron chi connectivity index (χ4n) is 6.92. The van der Waals surface area contributed by atoms with Crippen molar-refractivity contribution in [2.45, 2.75) is 0 Å². The largest absolute Gasteiger partial charge is 0.456 e. The third-order valence-corrected chi connectivity index (χ3v) is 8.84. The molecule has 0 unspecified atom stereocenters. The lowest BCUT2D eigenvalue weighted by molar-refractivity contribution is 0.669. The maximum absolute atomic E-state index is 6.50. The second kappa shape index (κ2) is 9.44. The highest BCUT2D eigenvalue weighted by Crippen LogP contribution is 2.46. The van der Waals surface area contributed by atoms with Crippen LogP contribution in [0.3, 0.4) is 0 Å². The normalized spacial score (nSPS) is 11.7. The second-order valence-electron chi connectivity index (χ2n) is 11.3. The topological polar surface area (TPSA) is 13.1 Å². The first-order valence-corrected chi connectivity index (χ1v) is 14.8. The zero-order chi connectivity index (χ0) is 28.3. The van der Waals surface area contributed by atoms with Gasteiger partial charge in [0, 0.05) is 10.8 Å². The lowest BCUT2D eigenvalue weighted by atomic mass is 9.84. The summed E-state index contributed by atoms with van der Waals surface area (Å²) < 4.78 is 6.50. The molecule has 200 valence electrons. The highest BCUT2D eigenvalue weighted by atomic mass is 16.3. The number of rotatable bonds is 3. The first-order valence-electron chi connectivity index (χ1n) is 14.8. The van der Waals surface area contributed by atoms with E-state index in [1.54, 1.807) is 0 Å². The van der Waals surface area contributed by atoms with Crippen LogP contribution >= 0.6 is 0 Å². The van der Waals surface area contributed by atoms with E-state index in [-0.39, 0.29) is 0 Å². The Bertz CT molecular complexity index is 2440. The van der Waals surface area contributed by atoms with E-state index in [0.29, 0.717) is 0 Å². The van der Waals surface area contributed by atoms with Gasteiger partial charge in [-0.2, -0.15) is 0 Å². The van der Waals surface area contributed by atoms with E-state index in [4.69, 9.17) is 4.42 Å². The smallest absolute Gasteiger partial charge is 0.136 e. The number of benzene rings is 8. The van der Waals surface area contributed by atoms with Gasteiger partial charge in [0.1, 0.15) is 11.2 Å². The molecule has 1 nitrogen and oxygen atoms in total. The number of hydrogen-bond acceptors (Lipinski definition) is 1. The monoisotopic (exact) mass is 546 g/mol. The molecule has 0 saturated carbocycles. The molecule has 0 amide bonds. The Morgan fingerprint density at radius 3 is 1.53 bits per heavy atom. The maximum Gasteiger partial charge on any atom is 0.136 e. The molecule has 9 aromatic rings. The highest BCUT2D eigenvalue weighted by molar-refractivity contribution is 6.23. The van der Waals surface area contributed by atoms with E-state index in [9.17, 15) is 0 Å². The van der Waals surface area contributed by atoms with Crippen LogP contribution in [0.2, 0.25) is 0 Å². The van der Waals surface area contributed by atoms with Gasteiger partial charge in [-0.05, 0) is 90.0 Å². The first-order chi connectivity index (χ1) is 21.3. The van der Waals surface area contributed by atoms with Crippen LogP contribution in [0.25, 0.3) is 87.6 Å². The van der Waals surface area contributed by atoms with Gasteiger partial charge >= 0.3 is 0 Å². The molecular weight excluding hydrogens is 520 g/mol. The van der Waals surface area contributed by atoms with Crippen LogP contribution in [0.4, 0.5) is 0 Å². The summed E-state index contributed by atoms with van der Waals surface area (Å²) in [5, 5.41) is 9.68. The SMILES string of the molecule is c1ccc(-c2ccccc2-c2c3ccccc3c(-c3ccc4c(c3)oc3cc5ccccc5cc34)c3ccccc23)cc1. The van der Waals surface area contributed by atoms with E-state index < -0.39 is 0 Å². The summed E-state index contributed by atoms with van der Waals surface area (Å²) in [7, 11) is 0. The molecule has 0 bridgehead atoms. The van der Waals surface area contributed by atoms with Crippen molar-refractivity contribution in [3.63, 3.8) is 0 Å². The summed E-state index contributed by atoms with van der Waals surface area (Å²) in [6.45, 7) is 0. The van der Waals surface area contributed by atoms with Crippen molar-refractivity contribution < 1.29 is 4.42 Å². The molecule has 0 atom stereocenters. The molecule has 0 radical (unpaired) electrons. The molecule has 0 aliphatic carbocycles. The van der Waals surface area contributed by atoms with Crippen molar-refractivity contribution in [1.29, 1.82) is 0 Å². The van der Waals surface area contributed by atoms with Crippen molar-refractivity contribution in [2.24, 2.45) is 0 Å². The van der Waals surface area contributed by atoms with Gasteiger partial charge in [-0.3, -0.25) is 0 Å². The Hall–Kier alpha value is -5.66. The van der Waals surface area contributed by atoms with E-state index in [0.717, 1.165) is 27.5 Å². The molecule has 0 saturated heterocycles. The number of hydrogen-bond donors (Lipinski definition) is 0. The summed E-state index contributed by atoms with van der Waals surface area (Å²) in [5.41, 5.74) is 9.20. The van der Waals surface area contributed by atoms with Gasteiger partial charge in [-0.1, -0.05) is 133 Å². The van der Waals surface area contributed by atoms with Gasteiger partial charge in [-0.25, -0.2) is 0 Å². The Morgan fingerprint density at radius 1 is 0.302 bits per heavy atom. The fraction of sp³-hybridized carbons (Fsp3) is 0. The molecule has 0 fully saturated rings. The van der Waals surface area contributed by atoms with Crippen LogP contribution in [0.15, 0.2) is 162 Å². The Kier molecular flexibility index (Phi) is 5.27. The van der Waals surface area contributed by atoms with Gasteiger partial charge in [0.25, 0.3) is 0 Å². The summed E-state index contributed by atoms with van der Waals surface area (Å²) in [6.07, 6.45) is 0. The van der Waals surface area contributed by atoms with Crippen LogP contribution in [0.5, 0.6) is 0 Å². The predicted molar refractivity (Wildman–Crippen MR) is 183 cm³/mol. The van der Waals surface area contributed by atoms with Gasteiger partial charge < -0.3 is 4.42 Å². The fourth-order valence-corrected chi connectivity index (χ4v) is 6.92. The zero-order valence-corrected chi connectivity index (χ0v) is 23.4. The van der Waals surface area contributed by atoms with Crippen molar-refractivity contribution in [3.8, 4) is 33.4 Å². The lowest BCUT2D eigenvalue weighted by Gasteiger charge is -2.19. The Morgan fingerprint density at radius 2 is 0.837 bits per heavy atom. The third kappa shape index (κ3) is 3.72. The van der Waals surface area contributed by atoms with Gasteiger partial charge in [0.2, 0.25) is 0 Å². The Labute approximate surface area is 249 Å². The molecule has 9 rings (SSSR count). The number of fused-ring (bicyclic) bond motifs is 6. The maximum atomic E-state index is 6.50. The zero-order valence-electron chi connectivity index (χ0n) is 23.4. The van der Waals surface area contributed by atoms with Crippen molar-refractivity contribution in [1.82, 2.24) is 0 Å². The molecule has 0 aliphatic rings. The van der Waals surface area contributed by atoms with E-state index in [1.807, 2.05) is 0 Å². The first kappa shape index (κ1) is 24.0. The van der Waals surface area contributed by atoms with Crippen LogP contribution < -0.4 is 0 Å². The van der Waals surface area contributed by atoms with Gasteiger partial charge in [-0.15, -0.1) is 0 Å². The van der Waals surface area contributed by atoms with E-state index >= 15 is 0 Å². The predicted octanol–water partition coefficient (Wildman–Crippen LogP) is 12.0. The van der Waals surface area contributed by atoms with Crippen molar-refractivity contribution in [2.75, 3.05) is 0 Å². The van der Waals surface area contributed by atoms with Crippen LogP contribution in [-0.4, -0.2) is 0 Å². The quantitative estimate of drug-likeness (QED) is 0.201. The summed E-state index contributed by atoms with van der Waals surface area (Å²) in [4.78, 5) is 0. The molecule has 1 aromatic heterocycles. The average molecular weight is 547 g/mol. The highest BCUT2D eigenvalue weighted by Gasteiger charge is 2.19. The average Bonchev–Trinajstić information content (AvgIpc) is 3.43.